The van der Waals surface area contributed by atoms with Gasteiger partial charge in [0.05, 0.1) is 4.34 Å². The maximum atomic E-state index is 11.7. The van der Waals surface area contributed by atoms with Gasteiger partial charge in [0.2, 0.25) is 5.78 Å². The van der Waals surface area contributed by atoms with Gasteiger partial charge in [-0.15, -0.1) is 11.3 Å². The van der Waals surface area contributed by atoms with Gasteiger partial charge in [-0.05, 0) is 18.2 Å². The standard InChI is InChI=1S/C10H7ClN2OS/c11-9-3-2-7(15-9)6-8(14)10-12-4-1-5-13-10/h1-5H,6H2. The van der Waals surface area contributed by atoms with Crippen molar-refractivity contribution in [2.45, 2.75) is 6.42 Å². The van der Waals surface area contributed by atoms with Gasteiger partial charge in [-0.2, -0.15) is 0 Å². The normalized spacial score (nSPS) is 10.2. The summed E-state index contributed by atoms with van der Waals surface area (Å²) in [6.07, 6.45) is 3.42. The molecule has 2 rings (SSSR count). The summed E-state index contributed by atoms with van der Waals surface area (Å²) < 4.78 is 0.687. The van der Waals surface area contributed by atoms with E-state index in [0.717, 1.165) is 4.88 Å². The predicted octanol–water partition coefficient (Wildman–Crippen LogP) is 2.62. The smallest absolute Gasteiger partial charge is 0.205 e. The average Bonchev–Trinajstić information content (AvgIpc) is 2.65. The number of carbonyl (C=O) groups is 1. The van der Waals surface area contributed by atoms with Gasteiger partial charge in [0.1, 0.15) is 0 Å². The molecule has 0 aromatic carbocycles. The van der Waals surface area contributed by atoms with Crippen LogP contribution in [0.3, 0.4) is 0 Å². The fraction of sp³-hybridized carbons (Fsp3) is 0.100. The van der Waals surface area contributed by atoms with Gasteiger partial charge in [-0.1, -0.05) is 11.6 Å². The molecule has 0 aliphatic heterocycles. The molecule has 2 aromatic rings. The van der Waals surface area contributed by atoms with Gasteiger partial charge in [0.15, 0.2) is 5.82 Å². The number of halogens is 1. The number of ketones is 1. The Morgan fingerprint density at radius 3 is 2.67 bits per heavy atom. The van der Waals surface area contributed by atoms with Crippen molar-refractivity contribution in [3.8, 4) is 0 Å². The molecule has 0 saturated heterocycles. The number of aromatic nitrogens is 2. The molecule has 76 valence electrons. The summed E-state index contributed by atoms with van der Waals surface area (Å²) in [5.74, 6) is 0.163. The van der Waals surface area contributed by atoms with Crippen LogP contribution in [0.5, 0.6) is 0 Å². The molecule has 3 nitrogen and oxygen atoms in total. The first-order valence-corrected chi connectivity index (χ1v) is 5.49. The Morgan fingerprint density at radius 1 is 1.33 bits per heavy atom. The zero-order valence-electron chi connectivity index (χ0n) is 7.68. The van der Waals surface area contributed by atoms with E-state index in [9.17, 15) is 4.79 Å². The lowest BCUT2D eigenvalue weighted by molar-refractivity contribution is 0.0984. The Morgan fingerprint density at radius 2 is 2.07 bits per heavy atom. The van der Waals surface area contributed by atoms with Gasteiger partial charge in [0, 0.05) is 23.7 Å². The Hall–Kier alpha value is -1.26. The molecule has 0 unspecified atom stereocenters. The first-order chi connectivity index (χ1) is 7.25. The number of hydrogen-bond acceptors (Lipinski definition) is 4. The van der Waals surface area contributed by atoms with Crippen molar-refractivity contribution < 1.29 is 4.79 Å². The Bertz CT molecular complexity index is 469. The van der Waals surface area contributed by atoms with Crippen LogP contribution in [0.1, 0.15) is 15.5 Å². The van der Waals surface area contributed by atoms with Crippen LogP contribution in [0.4, 0.5) is 0 Å². The van der Waals surface area contributed by atoms with Crippen LogP contribution in [0.15, 0.2) is 30.6 Å². The van der Waals surface area contributed by atoms with Crippen molar-refractivity contribution in [3.05, 3.63) is 45.6 Å². The molecular weight excluding hydrogens is 232 g/mol. The van der Waals surface area contributed by atoms with E-state index in [1.165, 1.54) is 11.3 Å². The number of Topliss-reactive ketones (excluding diaryl/α,β-unsaturated/α-hetero) is 1. The van der Waals surface area contributed by atoms with E-state index in [-0.39, 0.29) is 11.6 Å². The number of carbonyl (C=O) groups excluding carboxylic acids is 1. The van der Waals surface area contributed by atoms with Gasteiger partial charge in [-0.3, -0.25) is 4.79 Å². The molecular formula is C10H7ClN2OS. The van der Waals surface area contributed by atoms with Gasteiger partial charge in [-0.25, -0.2) is 9.97 Å². The van der Waals surface area contributed by atoms with E-state index in [0.29, 0.717) is 10.8 Å². The largest absolute Gasteiger partial charge is 0.290 e. The lowest BCUT2D eigenvalue weighted by atomic mass is 10.2. The minimum absolute atomic E-state index is 0.0888. The maximum Gasteiger partial charge on any atom is 0.205 e. The minimum atomic E-state index is -0.0888. The fourth-order valence-corrected chi connectivity index (χ4v) is 2.21. The fourth-order valence-electron chi connectivity index (χ4n) is 1.13. The van der Waals surface area contributed by atoms with Crippen LogP contribution >= 0.6 is 22.9 Å². The third-order valence-electron chi connectivity index (χ3n) is 1.78. The van der Waals surface area contributed by atoms with Crippen molar-refractivity contribution in [2.24, 2.45) is 0 Å². The number of hydrogen-bond donors (Lipinski definition) is 0. The molecule has 0 radical (unpaired) electrons. The predicted molar refractivity (Wildman–Crippen MR) is 59.4 cm³/mol. The molecule has 0 bridgehead atoms. The van der Waals surface area contributed by atoms with Crippen molar-refractivity contribution in [1.82, 2.24) is 9.97 Å². The molecule has 15 heavy (non-hydrogen) atoms. The van der Waals surface area contributed by atoms with Crippen molar-refractivity contribution >= 4 is 28.7 Å². The maximum absolute atomic E-state index is 11.7. The SMILES string of the molecule is O=C(Cc1ccc(Cl)s1)c1ncccn1. The third kappa shape index (κ3) is 2.61. The van der Waals surface area contributed by atoms with Gasteiger partial charge < -0.3 is 0 Å². The van der Waals surface area contributed by atoms with E-state index in [2.05, 4.69) is 9.97 Å². The highest BCUT2D eigenvalue weighted by molar-refractivity contribution is 7.16. The van der Waals surface area contributed by atoms with Crippen LogP contribution in [-0.2, 0) is 6.42 Å². The Balaban J connectivity index is 2.11. The molecule has 0 N–H and O–H groups in total. The molecule has 0 atom stereocenters. The second-order valence-corrected chi connectivity index (χ2v) is 4.68. The van der Waals surface area contributed by atoms with E-state index in [1.54, 1.807) is 24.5 Å². The molecule has 2 heterocycles. The second-order valence-electron chi connectivity index (χ2n) is 2.88. The number of rotatable bonds is 3. The summed E-state index contributed by atoms with van der Waals surface area (Å²) in [5.41, 5.74) is 0. The molecule has 2 aromatic heterocycles. The van der Waals surface area contributed by atoms with Crippen LogP contribution in [0.25, 0.3) is 0 Å². The van der Waals surface area contributed by atoms with Crippen LogP contribution < -0.4 is 0 Å². The zero-order chi connectivity index (χ0) is 10.7. The summed E-state index contributed by atoms with van der Waals surface area (Å²) in [4.78, 5) is 20.4. The molecule has 0 aliphatic carbocycles. The molecule has 0 fully saturated rings. The summed E-state index contributed by atoms with van der Waals surface area (Å²) in [5, 5.41) is 0. The van der Waals surface area contributed by atoms with Crippen LogP contribution in [-0.4, -0.2) is 15.8 Å². The molecule has 0 amide bonds. The third-order valence-corrected chi connectivity index (χ3v) is 3.01. The number of nitrogens with zero attached hydrogens (tertiary/aromatic N) is 2. The van der Waals surface area contributed by atoms with Crippen LogP contribution in [0, 0.1) is 0 Å². The molecule has 0 spiro atoms. The van der Waals surface area contributed by atoms with E-state index >= 15 is 0 Å². The van der Waals surface area contributed by atoms with Crippen molar-refractivity contribution in [3.63, 3.8) is 0 Å². The lowest BCUT2D eigenvalue weighted by Crippen LogP contribution is -2.06. The second kappa shape index (κ2) is 4.51. The van der Waals surface area contributed by atoms with E-state index in [1.807, 2.05) is 6.07 Å². The zero-order valence-corrected chi connectivity index (χ0v) is 9.26. The first-order valence-electron chi connectivity index (χ1n) is 4.30. The average molecular weight is 239 g/mol. The highest BCUT2D eigenvalue weighted by Crippen LogP contribution is 2.22. The minimum Gasteiger partial charge on any atom is -0.290 e. The monoisotopic (exact) mass is 238 g/mol. The van der Waals surface area contributed by atoms with Crippen molar-refractivity contribution in [1.29, 1.82) is 0 Å². The molecule has 5 heteroatoms. The van der Waals surface area contributed by atoms with E-state index in [4.69, 9.17) is 11.6 Å². The van der Waals surface area contributed by atoms with Gasteiger partial charge in [0.25, 0.3) is 0 Å². The first kappa shape index (κ1) is 10.3. The topological polar surface area (TPSA) is 42.9 Å². The summed E-state index contributed by atoms with van der Waals surface area (Å²) in [7, 11) is 0. The van der Waals surface area contributed by atoms with Gasteiger partial charge >= 0.3 is 0 Å². The highest BCUT2D eigenvalue weighted by atomic mass is 35.5. The van der Waals surface area contributed by atoms with E-state index < -0.39 is 0 Å². The summed E-state index contributed by atoms with van der Waals surface area (Å²) >= 11 is 7.17. The quantitative estimate of drug-likeness (QED) is 0.772. The highest BCUT2D eigenvalue weighted by Gasteiger charge is 2.10. The Labute approximate surface area is 95.8 Å². The van der Waals surface area contributed by atoms with Crippen LogP contribution in [0.2, 0.25) is 4.34 Å². The number of thiophene rings is 1. The lowest BCUT2D eigenvalue weighted by Gasteiger charge is -1.95. The Kier molecular flexibility index (Phi) is 3.08. The summed E-state index contributed by atoms with van der Waals surface area (Å²) in [6, 6.07) is 5.30. The summed E-state index contributed by atoms with van der Waals surface area (Å²) in [6.45, 7) is 0. The van der Waals surface area contributed by atoms with Crippen molar-refractivity contribution in [2.75, 3.05) is 0 Å². The molecule has 0 saturated carbocycles. The molecule has 0 aliphatic rings.